The maximum Gasteiger partial charge on any atom is 0.222 e. The molecule has 0 bridgehead atoms. The van der Waals surface area contributed by atoms with Crippen LogP contribution in [0, 0.1) is 11.8 Å². The normalized spacial score (nSPS) is 20.1. The van der Waals surface area contributed by atoms with Crippen molar-refractivity contribution in [3.05, 3.63) is 36.2 Å². The SMILES string of the molecule is CCN(CC)C(=O)C[C@H]1CCNC[C@@H]1Cc1cc(-c2ccccn2)on1. The number of rotatable bonds is 7. The summed E-state index contributed by atoms with van der Waals surface area (Å²) in [6.07, 6.45) is 4.22. The van der Waals surface area contributed by atoms with Crippen molar-refractivity contribution in [3.63, 3.8) is 0 Å². The fourth-order valence-corrected chi connectivity index (χ4v) is 3.72. The van der Waals surface area contributed by atoms with E-state index in [1.54, 1.807) is 6.20 Å². The van der Waals surface area contributed by atoms with Crippen LogP contribution in [0.15, 0.2) is 35.0 Å². The third kappa shape index (κ3) is 4.49. The quantitative estimate of drug-likeness (QED) is 0.826. The first-order valence-electron chi connectivity index (χ1n) is 9.56. The Morgan fingerprint density at radius 2 is 2.15 bits per heavy atom. The number of nitrogens with zero attached hydrogens (tertiary/aromatic N) is 3. The van der Waals surface area contributed by atoms with Crippen LogP contribution in [0.4, 0.5) is 0 Å². The largest absolute Gasteiger partial charge is 0.354 e. The van der Waals surface area contributed by atoms with Gasteiger partial charge in [0.15, 0.2) is 5.76 Å². The highest BCUT2D eigenvalue weighted by atomic mass is 16.5. The lowest BCUT2D eigenvalue weighted by atomic mass is 9.81. The van der Waals surface area contributed by atoms with Gasteiger partial charge in [-0.2, -0.15) is 0 Å². The summed E-state index contributed by atoms with van der Waals surface area (Å²) in [6.45, 7) is 7.53. The van der Waals surface area contributed by atoms with Crippen molar-refractivity contribution >= 4 is 5.91 Å². The molecule has 0 aromatic carbocycles. The summed E-state index contributed by atoms with van der Waals surface area (Å²) in [4.78, 5) is 18.8. The van der Waals surface area contributed by atoms with Gasteiger partial charge in [0.2, 0.25) is 5.91 Å². The van der Waals surface area contributed by atoms with Gasteiger partial charge >= 0.3 is 0 Å². The van der Waals surface area contributed by atoms with Gasteiger partial charge in [-0.3, -0.25) is 9.78 Å². The van der Waals surface area contributed by atoms with E-state index in [1.807, 2.05) is 43.0 Å². The molecule has 1 N–H and O–H groups in total. The van der Waals surface area contributed by atoms with Gasteiger partial charge in [-0.1, -0.05) is 11.2 Å². The summed E-state index contributed by atoms with van der Waals surface area (Å²) < 4.78 is 5.47. The van der Waals surface area contributed by atoms with E-state index in [0.717, 1.165) is 50.4 Å². The minimum absolute atomic E-state index is 0.265. The van der Waals surface area contributed by atoms with Crippen LogP contribution in [-0.2, 0) is 11.2 Å². The summed E-state index contributed by atoms with van der Waals surface area (Å²) in [7, 11) is 0. The molecule has 1 aliphatic heterocycles. The van der Waals surface area contributed by atoms with E-state index in [-0.39, 0.29) is 5.91 Å². The summed E-state index contributed by atoms with van der Waals surface area (Å²) in [5, 5.41) is 7.69. The first kappa shape index (κ1) is 18.6. The van der Waals surface area contributed by atoms with E-state index in [2.05, 4.69) is 15.5 Å². The predicted octanol–water partition coefficient (Wildman–Crippen LogP) is 2.76. The lowest BCUT2D eigenvalue weighted by Crippen LogP contribution is -2.41. The summed E-state index contributed by atoms with van der Waals surface area (Å²) in [5.41, 5.74) is 1.72. The van der Waals surface area contributed by atoms with Crippen LogP contribution in [0.2, 0.25) is 0 Å². The van der Waals surface area contributed by atoms with E-state index >= 15 is 0 Å². The van der Waals surface area contributed by atoms with Gasteiger partial charge in [0, 0.05) is 31.8 Å². The van der Waals surface area contributed by atoms with Crippen LogP contribution < -0.4 is 5.32 Å². The lowest BCUT2D eigenvalue weighted by Gasteiger charge is -2.32. The van der Waals surface area contributed by atoms with Gasteiger partial charge in [-0.05, 0) is 63.7 Å². The summed E-state index contributed by atoms with van der Waals surface area (Å²) in [6, 6.07) is 7.70. The first-order chi connectivity index (χ1) is 12.7. The molecule has 0 unspecified atom stereocenters. The van der Waals surface area contributed by atoms with Crippen LogP contribution in [0.25, 0.3) is 11.5 Å². The van der Waals surface area contributed by atoms with Crippen molar-refractivity contribution in [1.82, 2.24) is 20.4 Å². The molecular weight excluding hydrogens is 328 g/mol. The Morgan fingerprint density at radius 3 is 2.88 bits per heavy atom. The zero-order chi connectivity index (χ0) is 18.4. The smallest absolute Gasteiger partial charge is 0.222 e. The second kappa shape index (κ2) is 8.94. The van der Waals surface area contributed by atoms with Gasteiger partial charge in [-0.15, -0.1) is 0 Å². The lowest BCUT2D eigenvalue weighted by molar-refractivity contribution is -0.132. The number of amides is 1. The monoisotopic (exact) mass is 356 g/mol. The third-order valence-electron chi connectivity index (χ3n) is 5.27. The summed E-state index contributed by atoms with van der Waals surface area (Å²) in [5.74, 6) is 1.74. The second-order valence-electron chi connectivity index (χ2n) is 6.88. The topological polar surface area (TPSA) is 71.3 Å². The molecule has 0 radical (unpaired) electrons. The van der Waals surface area contributed by atoms with Crippen molar-refractivity contribution < 1.29 is 9.32 Å². The zero-order valence-corrected chi connectivity index (χ0v) is 15.6. The van der Waals surface area contributed by atoms with E-state index in [1.165, 1.54) is 0 Å². The van der Waals surface area contributed by atoms with Gasteiger partial charge < -0.3 is 14.7 Å². The van der Waals surface area contributed by atoms with E-state index in [4.69, 9.17) is 4.52 Å². The summed E-state index contributed by atoms with van der Waals surface area (Å²) >= 11 is 0. The number of nitrogens with one attached hydrogen (secondary N) is 1. The molecule has 1 amide bonds. The minimum atomic E-state index is 0.265. The van der Waals surface area contributed by atoms with E-state index < -0.39 is 0 Å². The molecule has 2 aromatic heterocycles. The molecule has 26 heavy (non-hydrogen) atoms. The van der Waals surface area contributed by atoms with Gasteiger partial charge in [-0.25, -0.2) is 0 Å². The molecule has 6 nitrogen and oxygen atoms in total. The number of pyridine rings is 1. The molecule has 0 spiro atoms. The molecule has 0 aliphatic carbocycles. The Bertz CT molecular complexity index is 697. The van der Waals surface area contributed by atoms with Crippen LogP contribution in [0.3, 0.4) is 0 Å². The van der Waals surface area contributed by atoms with Crippen molar-refractivity contribution in [2.75, 3.05) is 26.2 Å². The van der Waals surface area contributed by atoms with Crippen molar-refractivity contribution in [2.45, 2.75) is 33.1 Å². The highest BCUT2D eigenvalue weighted by Gasteiger charge is 2.29. The Kier molecular flexibility index (Phi) is 6.39. The Labute approximate surface area is 155 Å². The number of piperidine rings is 1. The first-order valence-corrected chi connectivity index (χ1v) is 9.56. The van der Waals surface area contributed by atoms with Crippen LogP contribution >= 0.6 is 0 Å². The molecule has 1 fully saturated rings. The Hall–Kier alpha value is -2.21. The number of carbonyl (C=O) groups is 1. The number of carbonyl (C=O) groups excluding carboxylic acids is 1. The van der Waals surface area contributed by atoms with Gasteiger partial charge in [0.25, 0.3) is 0 Å². The average Bonchev–Trinajstić information content (AvgIpc) is 3.14. The molecule has 0 saturated carbocycles. The fraction of sp³-hybridized carbons (Fsp3) is 0.550. The highest BCUT2D eigenvalue weighted by Crippen LogP contribution is 2.28. The molecule has 6 heteroatoms. The van der Waals surface area contributed by atoms with Crippen molar-refractivity contribution in [2.24, 2.45) is 11.8 Å². The maximum absolute atomic E-state index is 12.5. The molecule has 1 aliphatic rings. The van der Waals surface area contributed by atoms with Crippen molar-refractivity contribution in [1.29, 1.82) is 0 Å². The second-order valence-corrected chi connectivity index (χ2v) is 6.88. The molecule has 2 aromatic rings. The van der Waals surface area contributed by atoms with Crippen molar-refractivity contribution in [3.8, 4) is 11.5 Å². The number of aromatic nitrogens is 2. The number of hydrogen-bond donors (Lipinski definition) is 1. The standard InChI is InChI=1S/C20H28N4O2/c1-3-24(4-2)20(25)12-15-8-10-21-14-16(15)11-17-13-19(26-23-17)18-7-5-6-9-22-18/h5-7,9,13,15-16,21H,3-4,8,10-12,14H2,1-2H3/t15-,16+/m1/s1. The van der Waals surface area contributed by atoms with Gasteiger partial charge in [0.05, 0.1) is 5.69 Å². The van der Waals surface area contributed by atoms with E-state index in [0.29, 0.717) is 24.0 Å². The van der Waals surface area contributed by atoms with Crippen LogP contribution in [0.1, 0.15) is 32.4 Å². The highest BCUT2D eigenvalue weighted by molar-refractivity contribution is 5.76. The third-order valence-corrected chi connectivity index (χ3v) is 5.27. The number of hydrogen-bond acceptors (Lipinski definition) is 5. The van der Waals surface area contributed by atoms with E-state index in [9.17, 15) is 4.79 Å². The maximum atomic E-state index is 12.5. The molecule has 3 heterocycles. The molecule has 1 saturated heterocycles. The fourth-order valence-electron chi connectivity index (χ4n) is 3.72. The zero-order valence-electron chi connectivity index (χ0n) is 15.6. The van der Waals surface area contributed by atoms with Gasteiger partial charge in [0.1, 0.15) is 5.69 Å². The molecule has 2 atom stereocenters. The Balaban J connectivity index is 1.65. The minimum Gasteiger partial charge on any atom is -0.354 e. The average molecular weight is 356 g/mol. The predicted molar refractivity (Wildman–Crippen MR) is 100 cm³/mol. The molecule has 140 valence electrons. The van der Waals surface area contributed by atoms with Crippen LogP contribution in [-0.4, -0.2) is 47.1 Å². The Morgan fingerprint density at radius 1 is 1.31 bits per heavy atom. The molecular formula is C20H28N4O2. The van der Waals surface area contributed by atoms with Crippen LogP contribution in [0.5, 0.6) is 0 Å². The molecule has 3 rings (SSSR count).